The lowest BCUT2D eigenvalue weighted by Gasteiger charge is -2.28. The van der Waals surface area contributed by atoms with Gasteiger partial charge in [0.05, 0.1) is 0 Å². The molecule has 0 aliphatic carbocycles. The third kappa shape index (κ3) is 31.3. The van der Waals surface area contributed by atoms with Crippen molar-refractivity contribution < 1.29 is 0 Å². The molecule has 2 nitrogen and oxygen atoms in total. The zero-order chi connectivity index (χ0) is 30.9. The number of nitrogens with zero attached hydrogens (tertiary/aromatic N) is 2. The molecule has 0 saturated carbocycles. The molecule has 42 heavy (non-hydrogen) atoms. The summed E-state index contributed by atoms with van der Waals surface area (Å²) >= 11 is 0. The summed E-state index contributed by atoms with van der Waals surface area (Å²) in [6.07, 6.45) is 43.9. The first-order chi connectivity index (χ1) is 20.5. The zero-order valence-corrected chi connectivity index (χ0v) is 30.7. The van der Waals surface area contributed by atoms with E-state index in [0.29, 0.717) is 0 Å². The maximum Gasteiger partial charge on any atom is -0.00248 e. The van der Waals surface area contributed by atoms with Gasteiger partial charge < -0.3 is 9.80 Å². The molecule has 2 heteroatoms. The summed E-state index contributed by atoms with van der Waals surface area (Å²) in [5, 5.41) is 0. The van der Waals surface area contributed by atoms with Crippen LogP contribution in [0.2, 0.25) is 0 Å². The third-order valence-electron chi connectivity index (χ3n) is 9.88. The van der Waals surface area contributed by atoms with Gasteiger partial charge in [0, 0.05) is 0 Å². The smallest absolute Gasteiger partial charge is 0.00248 e. The van der Waals surface area contributed by atoms with Gasteiger partial charge in [-0.25, -0.2) is 0 Å². The summed E-state index contributed by atoms with van der Waals surface area (Å²) in [7, 11) is 8.82. The van der Waals surface area contributed by atoms with E-state index in [1.165, 1.54) is 206 Å². The molecule has 0 aliphatic rings. The molecule has 0 aromatic carbocycles. The van der Waals surface area contributed by atoms with Crippen molar-refractivity contribution in [1.29, 1.82) is 0 Å². The predicted molar refractivity (Wildman–Crippen MR) is 194 cm³/mol. The van der Waals surface area contributed by atoms with Crippen LogP contribution in [0.25, 0.3) is 0 Å². The molecule has 0 aliphatic heterocycles. The molecule has 0 saturated heterocycles. The molecule has 0 aromatic heterocycles. The van der Waals surface area contributed by atoms with Crippen LogP contribution in [0.5, 0.6) is 0 Å². The van der Waals surface area contributed by atoms with Crippen molar-refractivity contribution in [3.05, 3.63) is 0 Å². The van der Waals surface area contributed by atoms with Gasteiger partial charge in [-0.2, -0.15) is 0 Å². The Kier molecular flexibility index (Phi) is 33.7. The highest BCUT2D eigenvalue weighted by Gasteiger charge is 2.20. The van der Waals surface area contributed by atoms with Gasteiger partial charge in [0.25, 0.3) is 0 Å². The normalized spacial score (nSPS) is 13.4. The van der Waals surface area contributed by atoms with E-state index in [0.717, 1.165) is 11.8 Å². The predicted octanol–water partition coefficient (Wildman–Crippen LogP) is 13.1. The Bertz CT molecular complexity index is 444. The highest BCUT2D eigenvalue weighted by Crippen LogP contribution is 2.33. The van der Waals surface area contributed by atoms with Gasteiger partial charge >= 0.3 is 0 Å². The number of rotatable bonds is 35. The summed E-state index contributed by atoms with van der Waals surface area (Å²) in [5.74, 6) is 2.02. The van der Waals surface area contributed by atoms with Gasteiger partial charge in [-0.1, -0.05) is 194 Å². The quantitative estimate of drug-likeness (QED) is 0.0675. The molecule has 0 fully saturated rings. The zero-order valence-electron chi connectivity index (χ0n) is 30.7. The fraction of sp³-hybridized carbons (Fsp3) is 1.00. The first kappa shape index (κ1) is 41.9. The van der Waals surface area contributed by atoms with Gasteiger partial charge in [-0.15, -0.1) is 0 Å². The fourth-order valence-electron chi connectivity index (χ4n) is 7.04. The third-order valence-corrected chi connectivity index (χ3v) is 9.88. The minimum Gasteiger partial charge on any atom is -0.309 e. The molecule has 254 valence electrons. The molecule has 0 heterocycles. The van der Waals surface area contributed by atoms with Gasteiger partial charge in [-0.3, -0.25) is 0 Å². The highest BCUT2D eigenvalue weighted by molar-refractivity contribution is 4.72. The fourth-order valence-corrected chi connectivity index (χ4v) is 7.04. The second kappa shape index (κ2) is 33.8. The van der Waals surface area contributed by atoms with Crippen molar-refractivity contribution >= 4 is 0 Å². The Morgan fingerprint density at radius 2 is 0.500 bits per heavy atom. The van der Waals surface area contributed by atoms with E-state index in [4.69, 9.17) is 0 Å². The van der Waals surface area contributed by atoms with E-state index in [1.54, 1.807) is 0 Å². The number of unbranched alkanes of at least 4 members (excludes halogenated alkanes) is 22. The van der Waals surface area contributed by atoms with Crippen molar-refractivity contribution in [1.82, 2.24) is 9.80 Å². The Labute approximate surface area is 268 Å². The van der Waals surface area contributed by atoms with E-state index in [2.05, 4.69) is 51.8 Å². The van der Waals surface area contributed by atoms with Gasteiger partial charge in [0.1, 0.15) is 0 Å². The van der Waals surface area contributed by atoms with Crippen molar-refractivity contribution in [2.45, 2.75) is 206 Å². The number of hydrogen-bond acceptors (Lipinski definition) is 2. The van der Waals surface area contributed by atoms with Crippen LogP contribution in [-0.2, 0) is 0 Å². The van der Waals surface area contributed by atoms with Crippen LogP contribution < -0.4 is 0 Å². The van der Waals surface area contributed by atoms with Gasteiger partial charge in [0.15, 0.2) is 0 Å². The molecular weight excluding hydrogens is 508 g/mol. The van der Waals surface area contributed by atoms with Crippen LogP contribution in [0.3, 0.4) is 0 Å². The largest absolute Gasteiger partial charge is 0.309 e. The lowest BCUT2D eigenvalue weighted by atomic mass is 9.78. The Hall–Kier alpha value is -0.0800. The lowest BCUT2D eigenvalue weighted by Crippen LogP contribution is -2.16. The first-order valence-electron chi connectivity index (χ1n) is 19.8. The summed E-state index contributed by atoms with van der Waals surface area (Å²) in [6.45, 7) is 7.21. The monoisotopic (exact) mass is 593 g/mol. The van der Waals surface area contributed by atoms with Crippen LogP contribution in [0.15, 0.2) is 0 Å². The average Bonchev–Trinajstić information content (AvgIpc) is 2.96. The maximum atomic E-state index is 2.35. The molecule has 0 bridgehead atoms. The molecule has 0 radical (unpaired) electrons. The van der Waals surface area contributed by atoms with Crippen molar-refractivity contribution in [3.63, 3.8) is 0 Å². The maximum absolute atomic E-state index is 2.35. The van der Waals surface area contributed by atoms with Gasteiger partial charge in [-0.05, 0) is 66.0 Å². The molecular formula is C40H84N2. The Morgan fingerprint density at radius 3 is 0.738 bits per heavy atom. The van der Waals surface area contributed by atoms with Crippen LogP contribution in [-0.4, -0.2) is 51.1 Å². The molecule has 2 atom stereocenters. The van der Waals surface area contributed by atoms with Gasteiger partial charge in [0.2, 0.25) is 0 Å². The van der Waals surface area contributed by atoms with E-state index in [-0.39, 0.29) is 0 Å². The number of hydrogen-bond donors (Lipinski definition) is 0. The minimum absolute atomic E-state index is 1.01. The highest BCUT2D eigenvalue weighted by atomic mass is 15.0. The standard InChI is InChI=1S/C40H84N2/c1-7-9-11-13-21-27-33-39(35-29-23-17-15-19-25-31-37-41(3)4)40(34-28-22-14-12-10-8-2)36-30-24-18-16-20-26-32-38-42(5)6/h39-40H,7-38H2,1-6H3. The summed E-state index contributed by atoms with van der Waals surface area (Å²) in [6, 6.07) is 0. The van der Waals surface area contributed by atoms with Crippen LogP contribution in [0, 0.1) is 11.8 Å². The lowest BCUT2D eigenvalue weighted by molar-refractivity contribution is 0.236. The molecule has 0 rings (SSSR count). The van der Waals surface area contributed by atoms with E-state index in [1.807, 2.05) is 0 Å². The SMILES string of the molecule is CCCCCCCCC(CCCCCCCCCN(C)C)C(CCCCCCCC)CCCCCCCCCN(C)C. The second-order valence-corrected chi connectivity index (χ2v) is 14.8. The molecule has 0 N–H and O–H groups in total. The van der Waals surface area contributed by atoms with Crippen molar-refractivity contribution in [2.75, 3.05) is 41.3 Å². The van der Waals surface area contributed by atoms with Crippen molar-refractivity contribution in [3.8, 4) is 0 Å². The first-order valence-corrected chi connectivity index (χ1v) is 19.8. The second-order valence-electron chi connectivity index (χ2n) is 14.8. The average molecular weight is 593 g/mol. The molecule has 0 aromatic rings. The van der Waals surface area contributed by atoms with Crippen LogP contribution >= 0.6 is 0 Å². The molecule has 0 spiro atoms. The van der Waals surface area contributed by atoms with Crippen LogP contribution in [0.4, 0.5) is 0 Å². The van der Waals surface area contributed by atoms with Crippen molar-refractivity contribution in [2.24, 2.45) is 11.8 Å². The summed E-state index contributed by atoms with van der Waals surface area (Å²) in [5.41, 5.74) is 0. The topological polar surface area (TPSA) is 6.48 Å². The Morgan fingerprint density at radius 1 is 0.286 bits per heavy atom. The summed E-state index contributed by atoms with van der Waals surface area (Å²) < 4.78 is 0. The van der Waals surface area contributed by atoms with E-state index < -0.39 is 0 Å². The Balaban J connectivity index is 4.68. The molecule has 0 amide bonds. The van der Waals surface area contributed by atoms with E-state index in [9.17, 15) is 0 Å². The van der Waals surface area contributed by atoms with Crippen LogP contribution in [0.1, 0.15) is 206 Å². The summed E-state index contributed by atoms with van der Waals surface area (Å²) in [4.78, 5) is 4.67. The minimum atomic E-state index is 1.01. The van der Waals surface area contributed by atoms with E-state index >= 15 is 0 Å². The molecule has 2 unspecified atom stereocenters.